The van der Waals surface area contributed by atoms with Crippen molar-refractivity contribution in [2.24, 2.45) is 28.2 Å². The van der Waals surface area contributed by atoms with E-state index in [1.807, 2.05) is 6.19 Å². The minimum Gasteiger partial charge on any atom is -0.481 e. The number of halogens is 2. The lowest BCUT2D eigenvalue weighted by Gasteiger charge is -2.58. The number of hydrogen-bond acceptors (Lipinski definition) is 4. The molecule has 166 valence electrons. The summed E-state index contributed by atoms with van der Waals surface area (Å²) in [5.41, 5.74) is -1.19. The predicted octanol–water partition coefficient (Wildman–Crippen LogP) is 4.52. The fraction of sp³-hybridized carbons (Fsp3) is 0.609. The zero-order valence-corrected chi connectivity index (χ0v) is 18.5. The van der Waals surface area contributed by atoms with Crippen molar-refractivity contribution in [1.82, 2.24) is 5.32 Å². The van der Waals surface area contributed by atoms with E-state index in [1.54, 1.807) is 26.0 Å². The summed E-state index contributed by atoms with van der Waals surface area (Å²) in [6.45, 7) is 3.58. The lowest BCUT2D eigenvalue weighted by Crippen LogP contribution is -2.62. The van der Waals surface area contributed by atoms with Crippen molar-refractivity contribution in [2.75, 3.05) is 0 Å². The molecule has 4 saturated carbocycles. The number of nitriles is 1. The highest BCUT2D eigenvalue weighted by Crippen LogP contribution is 2.60. The molecular formula is C23H27ClFN3O3. The van der Waals surface area contributed by atoms with Crippen LogP contribution < -0.4 is 5.32 Å². The lowest BCUT2D eigenvalue weighted by atomic mass is 9.48. The monoisotopic (exact) mass is 447 g/mol. The van der Waals surface area contributed by atoms with E-state index < -0.39 is 22.8 Å². The predicted molar refractivity (Wildman–Crippen MR) is 114 cm³/mol. The van der Waals surface area contributed by atoms with Crippen molar-refractivity contribution in [1.29, 1.82) is 5.26 Å². The number of carboxylic acid groups (broad SMARTS) is 1. The van der Waals surface area contributed by atoms with Gasteiger partial charge in [-0.3, -0.25) is 4.79 Å². The second-order valence-corrected chi connectivity index (χ2v) is 10.3. The van der Waals surface area contributed by atoms with Crippen LogP contribution >= 0.6 is 11.6 Å². The standard InChI is InChI=1S/C23H27ClFN3O3/c1-22(2,31-11-14-3-4-17(24)7-18(14)25)20(27-12-26)28-19-15-5-13-6-16(19)10-23(8-13,9-15)21(29)30/h3-4,7,13,15-16,19H,5-6,8-11H2,1-2H3,(H,27,28)(H,29,30). The number of nitrogens with one attached hydrogen (secondary N) is 1. The van der Waals surface area contributed by atoms with Crippen molar-refractivity contribution in [3.05, 3.63) is 34.6 Å². The Labute approximate surface area is 186 Å². The number of carbonyl (C=O) groups is 1. The van der Waals surface area contributed by atoms with E-state index in [9.17, 15) is 19.6 Å². The summed E-state index contributed by atoms with van der Waals surface area (Å²) in [7, 11) is 0. The largest absolute Gasteiger partial charge is 0.481 e. The van der Waals surface area contributed by atoms with Gasteiger partial charge in [0.15, 0.2) is 0 Å². The molecular weight excluding hydrogens is 421 g/mol. The molecule has 1 aromatic carbocycles. The summed E-state index contributed by atoms with van der Waals surface area (Å²) in [6.07, 6.45) is 5.94. The molecule has 5 rings (SSSR count). The number of rotatable bonds is 6. The molecule has 0 amide bonds. The zero-order valence-electron chi connectivity index (χ0n) is 17.7. The average molecular weight is 448 g/mol. The number of amidine groups is 1. The van der Waals surface area contributed by atoms with E-state index in [2.05, 4.69) is 10.3 Å². The van der Waals surface area contributed by atoms with Gasteiger partial charge in [-0.2, -0.15) is 10.3 Å². The molecule has 0 aliphatic heterocycles. The van der Waals surface area contributed by atoms with Gasteiger partial charge in [-0.1, -0.05) is 17.7 Å². The summed E-state index contributed by atoms with van der Waals surface area (Å²) in [6, 6.07) is 4.48. The van der Waals surface area contributed by atoms with Gasteiger partial charge >= 0.3 is 5.97 Å². The highest BCUT2D eigenvalue weighted by molar-refractivity contribution is 6.30. The van der Waals surface area contributed by atoms with Crippen molar-refractivity contribution in [3.8, 4) is 6.19 Å². The number of carboxylic acids is 1. The summed E-state index contributed by atoms with van der Waals surface area (Å²) in [5, 5.41) is 22.9. The number of aliphatic carboxylic acids is 1. The van der Waals surface area contributed by atoms with Crippen LogP contribution in [0.2, 0.25) is 5.02 Å². The minimum absolute atomic E-state index is 0.00382. The summed E-state index contributed by atoms with van der Waals surface area (Å²) in [4.78, 5) is 16.0. The summed E-state index contributed by atoms with van der Waals surface area (Å²) in [5.74, 6) is 0.192. The smallest absolute Gasteiger partial charge is 0.309 e. The molecule has 0 spiro atoms. The van der Waals surface area contributed by atoms with Crippen molar-refractivity contribution in [2.45, 2.75) is 64.2 Å². The normalized spacial score (nSPS) is 32.0. The molecule has 1 aromatic rings. The lowest BCUT2D eigenvalue weighted by molar-refractivity contribution is -0.166. The number of nitrogens with zero attached hydrogens (tertiary/aromatic N) is 2. The Kier molecular flexibility index (Phi) is 5.74. The van der Waals surface area contributed by atoms with Crippen LogP contribution in [-0.4, -0.2) is 28.6 Å². The quantitative estimate of drug-likeness (QED) is 0.379. The van der Waals surface area contributed by atoms with Crippen LogP contribution in [-0.2, 0) is 16.1 Å². The third-order valence-corrected chi connectivity index (χ3v) is 7.60. The topological polar surface area (TPSA) is 94.7 Å². The second kappa shape index (κ2) is 8.07. The van der Waals surface area contributed by atoms with Gasteiger partial charge < -0.3 is 15.2 Å². The first-order chi connectivity index (χ1) is 14.6. The van der Waals surface area contributed by atoms with Crippen molar-refractivity contribution in [3.63, 3.8) is 0 Å². The third-order valence-electron chi connectivity index (χ3n) is 7.37. The first kappa shape index (κ1) is 22.0. The van der Waals surface area contributed by atoms with E-state index in [0.717, 1.165) is 19.3 Å². The van der Waals surface area contributed by atoms with Gasteiger partial charge in [0, 0.05) is 16.6 Å². The van der Waals surface area contributed by atoms with E-state index in [0.29, 0.717) is 35.2 Å². The van der Waals surface area contributed by atoms with E-state index >= 15 is 0 Å². The molecule has 2 unspecified atom stereocenters. The van der Waals surface area contributed by atoms with Crippen LogP contribution in [0.4, 0.5) is 4.39 Å². The van der Waals surface area contributed by atoms with Crippen LogP contribution in [0.3, 0.4) is 0 Å². The molecule has 2 N–H and O–H groups in total. The van der Waals surface area contributed by atoms with Gasteiger partial charge in [-0.25, -0.2) is 4.39 Å². The van der Waals surface area contributed by atoms with Gasteiger partial charge in [0.25, 0.3) is 0 Å². The van der Waals surface area contributed by atoms with Crippen LogP contribution in [0, 0.1) is 40.4 Å². The molecule has 0 heterocycles. The molecule has 0 saturated heterocycles. The Morgan fingerprint density at radius 2 is 2.06 bits per heavy atom. The van der Waals surface area contributed by atoms with Crippen molar-refractivity contribution < 1.29 is 19.0 Å². The highest BCUT2D eigenvalue weighted by Gasteiger charge is 2.59. The fourth-order valence-electron chi connectivity index (χ4n) is 6.04. The molecule has 4 aliphatic carbocycles. The maximum absolute atomic E-state index is 14.1. The van der Waals surface area contributed by atoms with E-state index in [1.165, 1.54) is 6.07 Å². The molecule has 6 nitrogen and oxygen atoms in total. The average Bonchev–Trinajstić information content (AvgIpc) is 2.68. The summed E-state index contributed by atoms with van der Waals surface area (Å²) < 4.78 is 20.1. The molecule has 2 atom stereocenters. The minimum atomic E-state index is -0.957. The van der Waals surface area contributed by atoms with Crippen LogP contribution in [0.25, 0.3) is 0 Å². The maximum Gasteiger partial charge on any atom is 0.309 e. The Hall–Kier alpha value is -2.17. The fourth-order valence-corrected chi connectivity index (χ4v) is 6.19. The Morgan fingerprint density at radius 1 is 1.39 bits per heavy atom. The van der Waals surface area contributed by atoms with Crippen LogP contribution in [0.5, 0.6) is 0 Å². The maximum atomic E-state index is 14.1. The SMILES string of the molecule is CC(C)(OCc1ccc(Cl)cc1F)/C(=N\C#N)NC1C2CC3CC1CC(C(=O)O)(C3)C2. The third kappa shape index (κ3) is 4.16. The van der Waals surface area contributed by atoms with Crippen LogP contribution in [0.15, 0.2) is 23.2 Å². The van der Waals surface area contributed by atoms with Gasteiger partial charge in [-0.05, 0) is 75.8 Å². The second-order valence-electron chi connectivity index (χ2n) is 9.82. The molecule has 4 bridgehead atoms. The Bertz CT molecular complexity index is 942. The van der Waals surface area contributed by atoms with Gasteiger partial charge in [0.1, 0.15) is 17.3 Å². The molecule has 31 heavy (non-hydrogen) atoms. The number of ether oxygens (including phenoxy) is 1. The van der Waals surface area contributed by atoms with Gasteiger partial charge in [0.05, 0.1) is 12.0 Å². The first-order valence-electron chi connectivity index (χ1n) is 10.7. The molecule has 4 fully saturated rings. The number of aliphatic imine (C=N–C) groups is 1. The van der Waals surface area contributed by atoms with E-state index in [4.69, 9.17) is 16.3 Å². The van der Waals surface area contributed by atoms with Gasteiger partial charge in [-0.15, -0.1) is 0 Å². The van der Waals surface area contributed by atoms with Crippen LogP contribution in [0.1, 0.15) is 51.5 Å². The Balaban J connectivity index is 1.49. The summed E-state index contributed by atoms with van der Waals surface area (Å²) >= 11 is 5.81. The first-order valence-corrected chi connectivity index (χ1v) is 11.1. The number of benzene rings is 1. The molecule has 8 heteroatoms. The van der Waals surface area contributed by atoms with Crippen molar-refractivity contribution >= 4 is 23.4 Å². The Morgan fingerprint density at radius 3 is 2.65 bits per heavy atom. The molecule has 0 aromatic heterocycles. The van der Waals surface area contributed by atoms with Gasteiger partial charge in [0.2, 0.25) is 6.19 Å². The van der Waals surface area contributed by atoms with E-state index in [-0.39, 0.29) is 24.5 Å². The number of hydrogen-bond donors (Lipinski definition) is 2. The highest BCUT2D eigenvalue weighted by atomic mass is 35.5. The zero-order chi connectivity index (χ0) is 22.4. The molecule has 0 radical (unpaired) electrons. The molecule has 4 aliphatic rings.